The summed E-state index contributed by atoms with van der Waals surface area (Å²) in [5.41, 5.74) is 2.52. The van der Waals surface area contributed by atoms with E-state index in [1.165, 1.54) is 11.6 Å². The smallest absolute Gasteiger partial charge is 0.185 e. The molecule has 28 heavy (non-hydrogen) atoms. The number of ether oxygens (including phenoxy) is 4. The standard InChI is InChI=1S/C23H26O5/c1-16(2)12-13-28-21-11-8-18(15-23(21)27-5)19(24)9-6-17-7-10-20(25-3)22(14-17)26-4/h6-12,14-15H,13H2,1-5H3/b9-6+. The summed E-state index contributed by atoms with van der Waals surface area (Å²) >= 11 is 0. The Hall–Kier alpha value is -3.21. The maximum absolute atomic E-state index is 12.5. The zero-order valence-corrected chi connectivity index (χ0v) is 16.9. The van der Waals surface area contributed by atoms with Crippen molar-refractivity contribution in [3.63, 3.8) is 0 Å². The van der Waals surface area contributed by atoms with Crippen LogP contribution in [-0.2, 0) is 0 Å². The highest BCUT2D eigenvalue weighted by Crippen LogP contribution is 2.29. The van der Waals surface area contributed by atoms with E-state index in [2.05, 4.69) is 0 Å². The van der Waals surface area contributed by atoms with E-state index in [9.17, 15) is 4.79 Å². The van der Waals surface area contributed by atoms with Gasteiger partial charge in [0.05, 0.1) is 21.3 Å². The normalized spacial score (nSPS) is 10.5. The van der Waals surface area contributed by atoms with E-state index in [4.69, 9.17) is 18.9 Å². The lowest BCUT2D eigenvalue weighted by atomic mass is 10.1. The molecule has 0 bridgehead atoms. The Kier molecular flexibility index (Phi) is 7.69. The molecule has 2 aromatic rings. The first-order valence-electron chi connectivity index (χ1n) is 8.87. The molecule has 0 atom stereocenters. The van der Waals surface area contributed by atoms with Crippen molar-refractivity contribution < 1.29 is 23.7 Å². The van der Waals surface area contributed by atoms with Crippen molar-refractivity contribution in [3.8, 4) is 23.0 Å². The van der Waals surface area contributed by atoms with Crippen LogP contribution in [0.4, 0.5) is 0 Å². The molecule has 0 fully saturated rings. The number of rotatable bonds is 9. The van der Waals surface area contributed by atoms with Gasteiger partial charge in [0.2, 0.25) is 0 Å². The zero-order chi connectivity index (χ0) is 20.5. The minimum Gasteiger partial charge on any atom is -0.493 e. The summed E-state index contributed by atoms with van der Waals surface area (Å²) in [5, 5.41) is 0. The number of benzene rings is 2. The Morgan fingerprint density at radius 1 is 0.857 bits per heavy atom. The largest absolute Gasteiger partial charge is 0.493 e. The second kappa shape index (κ2) is 10.2. The van der Waals surface area contributed by atoms with Crippen LogP contribution in [0.2, 0.25) is 0 Å². The molecule has 0 aromatic heterocycles. The van der Waals surface area contributed by atoms with Crippen LogP contribution in [0.25, 0.3) is 6.08 Å². The number of methoxy groups -OCH3 is 3. The molecule has 0 radical (unpaired) electrons. The van der Waals surface area contributed by atoms with Crippen molar-refractivity contribution in [1.29, 1.82) is 0 Å². The quantitative estimate of drug-likeness (QED) is 0.349. The van der Waals surface area contributed by atoms with E-state index in [0.717, 1.165) is 5.56 Å². The van der Waals surface area contributed by atoms with E-state index >= 15 is 0 Å². The fraction of sp³-hybridized carbons (Fsp3) is 0.261. The van der Waals surface area contributed by atoms with Gasteiger partial charge in [-0.1, -0.05) is 17.7 Å². The lowest BCUT2D eigenvalue weighted by Gasteiger charge is -2.10. The first-order chi connectivity index (χ1) is 13.5. The minimum absolute atomic E-state index is 0.135. The molecule has 0 aliphatic heterocycles. The van der Waals surface area contributed by atoms with E-state index in [-0.39, 0.29) is 5.78 Å². The van der Waals surface area contributed by atoms with Gasteiger partial charge in [-0.3, -0.25) is 4.79 Å². The van der Waals surface area contributed by atoms with Gasteiger partial charge in [-0.25, -0.2) is 0 Å². The van der Waals surface area contributed by atoms with Gasteiger partial charge < -0.3 is 18.9 Å². The summed E-state index contributed by atoms with van der Waals surface area (Å²) in [4.78, 5) is 12.5. The molecule has 0 N–H and O–H groups in total. The molecule has 0 amide bonds. The summed E-state index contributed by atoms with van der Waals surface area (Å²) in [6, 6.07) is 10.6. The summed E-state index contributed by atoms with van der Waals surface area (Å²) in [7, 11) is 4.71. The number of carbonyl (C=O) groups is 1. The van der Waals surface area contributed by atoms with E-state index in [0.29, 0.717) is 35.2 Å². The molecule has 2 aromatic carbocycles. The maximum atomic E-state index is 12.5. The van der Waals surface area contributed by atoms with Crippen molar-refractivity contribution in [2.45, 2.75) is 13.8 Å². The highest BCUT2D eigenvalue weighted by atomic mass is 16.5. The molecule has 0 unspecified atom stereocenters. The Balaban J connectivity index is 2.15. The van der Waals surface area contributed by atoms with Crippen LogP contribution in [-0.4, -0.2) is 33.7 Å². The average molecular weight is 382 g/mol. The van der Waals surface area contributed by atoms with Crippen molar-refractivity contribution in [3.05, 3.63) is 65.3 Å². The summed E-state index contributed by atoms with van der Waals surface area (Å²) in [6.45, 7) is 4.46. The summed E-state index contributed by atoms with van der Waals surface area (Å²) < 4.78 is 21.6. The van der Waals surface area contributed by atoms with Crippen LogP contribution in [0, 0.1) is 0 Å². The number of hydrogen-bond acceptors (Lipinski definition) is 5. The van der Waals surface area contributed by atoms with Gasteiger partial charge >= 0.3 is 0 Å². The molecular weight excluding hydrogens is 356 g/mol. The molecule has 148 valence electrons. The molecule has 0 aliphatic rings. The molecule has 2 rings (SSSR count). The van der Waals surface area contributed by atoms with Gasteiger partial charge in [0.1, 0.15) is 6.61 Å². The fourth-order valence-electron chi connectivity index (χ4n) is 2.46. The Labute approximate surface area is 166 Å². The molecule has 5 heteroatoms. The third-order valence-electron chi connectivity index (χ3n) is 4.01. The molecule has 5 nitrogen and oxygen atoms in total. The van der Waals surface area contributed by atoms with Crippen molar-refractivity contribution in [1.82, 2.24) is 0 Å². The number of ketones is 1. The third-order valence-corrected chi connectivity index (χ3v) is 4.01. The predicted molar refractivity (Wildman–Crippen MR) is 111 cm³/mol. The van der Waals surface area contributed by atoms with Gasteiger partial charge in [-0.2, -0.15) is 0 Å². The predicted octanol–water partition coefficient (Wildman–Crippen LogP) is 4.95. The van der Waals surface area contributed by atoms with Crippen molar-refractivity contribution >= 4 is 11.9 Å². The molecule has 0 heterocycles. The second-order valence-corrected chi connectivity index (χ2v) is 6.27. The van der Waals surface area contributed by atoms with Crippen LogP contribution < -0.4 is 18.9 Å². The first kappa shape index (κ1) is 21.1. The lowest BCUT2D eigenvalue weighted by Crippen LogP contribution is -2.00. The molecular formula is C23H26O5. The van der Waals surface area contributed by atoms with Gasteiger partial charge in [0, 0.05) is 5.56 Å². The van der Waals surface area contributed by atoms with E-state index in [1.54, 1.807) is 51.7 Å². The van der Waals surface area contributed by atoms with Gasteiger partial charge in [0.15, 0.2) is 28.8 Å². The Morgan fingerprint density at radius 2 is 1.50 bits per heavy atom. The molecule has 0 saturated heterocycles. The van der Waals surface area contributed by atoms with Gasteiger partial charge in [-0.15, -0.1) is 0 Å². The highest BCUT2D eigenvalue weighted by molar-refractivity contribution is 6.07. The van der Waals surface area contributed by atoms with Crippen LogP contribution in [0.1, 0.15) is 29.8 Å². The Morgan fingerprint density at radius 3 is 2.14 bits per heavy atom. The van der Waals surface area contributed by atoms with Gasteiger partial charge in [0.25, 0.3) is 0 Å². The van der Waals surface area contributed by atoms with Crippen molar-refractivity contribution in [2.24, 2.45) is 0 Å². The number of carbonyl (C=O) groups excluding carboxylic acids is 1. The number of hydrogen-bond donors (Lipinski definition) is 0. The molecule has 0 spiro atoms. The zero-order valence-electron chi connectivity index (χ0n) is 16.9. The van der Waals surface area contributed by atoms with Crippen LogP contribution in [0.5, 0.6) is 23.0 Å². The van der Waals surface area contributed by atoms with Crippen molar-refractivity contribution in [2.75, 3.05) is 27.9 Å². The topological polar surface area (TPSA) is 54.0 Å². The Bertz CT molecular complexity index is 877. The third kappa shape index (κ3) is 5.64. The maximum Gasteiger partial charge on any atom is 0.185 e. The van der Waals surface area contributed by atoms with Crippen LogP contribution in [0.15, 0.2) is 54.1 Å². The van der Waals surface area contributed by atoms with E-state index < -0.39 is 0 Å². The van der Waals surface area contributed by atoms with Crippen LogP contribution in [0.3, 0.4) is 0 Å². The SMILES string of the molecule is COc1ccc(/C=C/C(=O)c2ccc(OCC=C(C)C)c(OC)c2)cc1OC. The highest BCUT2D eigenvalue weighted by Gasteiger charge is 2.10. The number of allylic oxidation sites excluding steroid dienone is 2. The lowest BCUT2D eigenvalue weighted by molar-refractivity contribution is 0.104. The summed E-state index contributed by atoms with van der Waals surface area (Å²) in [6.07, 6.45) is 5.22. The van der Waals surface area contributed by atoms with E-state index in [1.807, 2.05) is 32.1 Å². The minimum atomic E-state index is -0.135. The van der Waals surface area contributed by atoms with Gasteiger partial charge in [-0.05, 0) is 61.9 Å². The first-order valence-corrected chi connectivity index (χ1v) is 8.87. The molecule has 0 saturated carbocycles. The second-order valence-electron chi connectivity index (χ2n) is 6.27. The van der Waals surface area contributed by atoms with Crippen LogP contribution >= 0.6 is 0 Å². The fourth-order valence-corrected chi connectivity index (χ4v) is 2.46. The average Bonchev–Trinajstić information content (AvgIpc) is 2.71. The summed E-state index contributed by atoms with van der Waals surface area (Å²) in [5.74, 6) is 2.23. The molecule has 0 aliphatic carbocycles. The monoisotopic (exact) mass is 382 g/mol.